The molecule has 0 aromatic heterocycles. The highest BCUT2D eigenvalue weighted by Crippen LogP contribution is 2.55. The Hall–Kier alpha value is -2.80. The van der Waals surface area contributed by atoms with Crippen LogP contribution in [0.15, 0.2) is 53.4 Å². The van der Waals surface area contributed by atoms with Crippen LogP contribution in [0.5, 0.6) is 0 Å². The Labute approximate surface area is 177 Å². The monoisotopic (exact) mass is 426 g/mol. The second-order valence-corrected chi connectivity index (χ2v) is 10.7. The fourth-order valence-electron chi connectivity index (χ4n) is 4.34. The number of nitrogens with zero attached hydrogens (tertiary/aromatic N) is 2. The van der Waals surface area contributed by atoms with E-state index < -0.39 is 21.0 Å². The zero-order chi connectivity index (χ0) is 21.9. The van der Waals surface area contributed by atoms with Gasteiger partial charge >= 0.3 is 5.97 Å². The number of anilines is 2. The molecule has 0 saturated carbocycles. The lowest BCUT2D eigenvalue weighted by atomic mass is 9.77. The SMILES string of the molecule is CN(C)c1ccc(/C=C/C23OC(=O)CN2c2ccc(S(C)(=O)=O)cc2C3(C)C)cc1. The highest BCUT2D eigenvalue weighted by atomic mass is 32.2. The predicted molar refractivity (Wildman–Crippen MR) is 119 cm³/mol. The molecule has 1 unspecified atom stereocenters. The first-order valence-corrected chi connectivity index (χ1v) is 11.7. The van der Waals surface area contributed by atoms with Crippen molar-refractivity contribution in [1.82, 2.24) is 0 Å². The van der Waals surface area contributed by atoms with Gasteiger partial charge in [-0.15, -0.1) is 0 Å². The first-order valence-electron chi connectivity index (χ1n) is 9.76. The second kappa shape index (κ2) is 6.60. The van der Waals surface area contributed by atoms with Gasteiger partial charge in [-0.1, -0.05) is 18.2 Å². The van der Waals surface area contributed by atoms with Crippen LogP contribution in [0.1, 0.15) is 25.0 Å². The minimum atomic E-state index is -3.34. The minimum absolute atomic E-state index is 0.124. The summed E-state index contributed by atoms with van der Waals surface area (Å²) in [7, 11) is 0.634. The molecule has 7 heteroatoms. The average Bonchev–Trinajstić information content (AvgIpc) is 3.10. The molecule has 1 atom stereocenters. The summed E-state index contributed by atoms with van der Waals surface area (Å²) in [4.78, 5) is 16.5. The minimum Gasteiger partial charge on any atom is -0.433 e. The first-order chi connectivity index (χ1) is 14.0. The van der Waals surface area contributed by atoms with Gasteiger partial charge in [0, 0.05) is 31.7 Å². The number of esters is 1. The molecule has 4 rings (SSSR count). The average molecular weight is 427 g/mol. The normalized spacial score (nSPS) is 22.2. The van der Waals surface area contributed by atoms with E-state index in [1.165, 1.54) is 6.26 Å². The summed E-state index contributed by atoms with van der Waals surface area (Å²) in [5.74, 6) is -0.298. The van der Waals surface area contributed by atoms with E-state index in [0.29, 0.717) is 0 Å². The molecule has 0 bridgehead atoms. The Balaban J connectivity index is 1.79. The molecule has 1 saturated heterocycles. The molecule has 6 nitrogen and oxygen atoms in total. The smallest absolute Gasteiger partial charge is 0.328 e. The van der Waals surface area contributed by atoms with Gasteiger partial charge in [-0.2, -0.15) is 0 Å². The third kappa shape index (κ3) is 2.99. The van der Waals surface area contributed by atoms with Crippen molar-refractivity contribution in [3.8, 4) is 0 Å². The van der Waals surface area contributed by atoms with Gasteiger partial charge in [0.1, 0.15) is 6.54 Å². The summed E-state index contributed by atoms with van der Waals surface area (Å²) in [5, 5.41) is 0. The van der Waals surface area contributed by atoms with Gasteiger partial charge in [0.2, 0.25) is 5.72 Å². The van der Waals surface area contributed by atoms with Crippen molar-refractivity contribution in [2.45, 2.75) is 29.9 Å². The number of hydrogen-bond donors (Lipinski definition) is 0. The number of rotatable bonds is 4. The molecule has 2 aliphatic rings. The van der Waals surface area contributed by atoms with Crippen molar-refractivity contribution in [2.24, 2.45) is 0 Å². The highest BCUT2D eigenvalue weighted by molar-refractivity contribution is 7.90. The lowest BCUT2D eigenvalue weighted by molar-refractivity contribution is -0.147. The molecule has 2 aliphatic heterocycles. The number of benzene rings is 2. The fourth-order valence-corrected chi connectivity index (χ4v) is 4.98. The van der Waals surface area contributed by atoms with Crippen LogP contribution in [-0.4, -0.2) is 47.0 Å². The zero-order valence-electron chi connectivity index (χ0n) is 17.8. The highest BCUT2D eigenvalue weighted by Gasteiger charge is 2.62. The van der Waals surface area contributed by atoms with Crippen molar-refractivity contribution in [1.29, 1.82) is 0 Å². The Bertz CT molecular complexity index is 1150. The molecule has 158 valence electrons. The van der Waals surface area contributed by atoms with E-state index in [0.717, 1.165) is 22.5 Å². The summed E-state index contributed by atoms with van der Waals surface area (Å²) in [5.41, 5.74) is 2.11. The van der Waals surface area contributed by atoms with Crippen molar-refractivity contribution >= 4 is 33.3 Å². The Morgan fingerprint density at radius 3 is 2.37 bits per heavy atom. The van der Waals surface area contributed by atoms with Crippen molar-refractivity contribution < 1.29 is 17.9 Å². The molecule has 2 aromatic carbocycles. The van der Waals surface area contributed by atoms with Crippen LogP contribution in [0.4, 0.5) is 11.4 Å². The largest absolute Gasteiger partial charge is 0.433 e. The molecular formula is C23H26N2O4S. The topological polar surface area (TPSA) is 66.9 Å². The lowest BCUT2D eigenvalue weighted by Gasteiger charge is -2.38. The van der Waals surface area contributed by atoms with Crippen LogP contribution >= 0.6 is 0 Å². The number of carbonyl (C=O) groups excluding carboxylic acids is 1. The van der Waals surface area contributed by atoms with Gasteiger partial charge in [0.25, 0.3) is 0 Å². The van der Waals surface area contributed by atoms with Crippen molar-refractivity contribution in [2.75, 3.05) is 36.7 Å². The third-order valence-electron chi connectivity index (χ3n) is 6.12. The van der Waals surface area contributed by atoms with Crippen LogP contribution < -0.4 is 9.80 Å². The maximum Gasteiger partial charge on any atom is 0.328 e. The van der Waals surface area contributed by atoms with Gasteiger partial charge in [0.15, 0.2) is 9.84 Å². The van der Waals surface area contributed by atoms with E-state index in [1.54, 1.807) is 18.2 Å². The standard InChI is InChI=1S/C23H26N2O4S/c1-22(2)19-14-18(30(5,27)28)10-11-20(19)25-15-21(26)29-23(22,25)13-12-16-6-8-17(9-7-16)24(3)4/h6-14H,15H2,1-5H3/b13-12+. The lowest BCUT2D eigenvalue weighted by Crippen LogP contribution is -2.51. The molecule has 2 heterocycles. The molecule has 0 spiro atoms. The summed E-state index contributed by atoms with van der Waals surface area (Å²) in [6.45, 7) is 4.09. The van der Waals surface area contributed by atoms with Crippen molar-refractivity contribution in [3.63, 3.8) is 0 Å². The molecule has 0 N–H and O–H groups in total. The van der Waals surface area contributed by atoms with Gasteiger partial charge in [0.05, 0.1) is 10.3 Å². The maximum absolute atomic E-state index is 12.3. The number of ether oxygens (including phenoxy) is 1. The Kier molecular flexibility index (Phi) is 4.51. The third-order valence-corrected chi connectivity index (χ3v) is 7.23. The van der Waals surface area contributed by atoms with E-state index >= 15 is 0 Å². The summed E-state index contributed by atoms with van der Waals surface area (Å²) >= 11 is 0. The zero-order valence-corrected chi connectivity index (χ0v) is 18.7. The predicted octanol–water partition coefficient (Wildman–Crippen LogP) is 3.22. The van der Waals surface area contributed by atoms with Crippen LogP contribution in [0.25, 0.3) is 6.08 Å². The van der Waals surface area contributed by atoms with Crippen LogP contribution in [0.2, 0.25) is 0 Å². The van der Waals surface area contributed by atoms with Gasteiger partial charge in [-0.3, -0.25) is 4.79 Å². The number of carbonyl (C=O) groups is 1. The molecule has 0 radical (unpaired) electrons. The van der Waals surface area contributed by atoms with Gasteiger partial charge < -0.3 is 14.5 Å². The van der Waals surface area contributed by atoms with Gasteiger partial charge in [-0.05, 0) is 61.4 Å². The molecule has 0 amide bonds. The number of sulfone groups is 1. The molecule has 0 aliphatic carbocycles. The molecule has 1 fully saturated rings. The van der Waals surface area contributed by atoms with Gasteiger partial charge in [-0.25, -0.2) is 8.42 Å². The summed E-state index contributed by atoms with van der Waals surface area (Å²) < 4.78 is 30.1. The Morgan fingerprint density at radius 1 is 1.10 bits per heavy atom. The summed E-state index contributed by atoms with van der Waals surface area (Å²) in [6, 6.07) is 13.2. The number of hydrogen-bond acceptors (Lipinski definition) is 6. The van der Waals surface area contributed by atoms with Crippen LogP contribution in [0.3, 0.4) is 0 Å². The molecule has 2 aromatic rings. The van der Waals surface area contributed by atoms with E-state index in [-0.39, 0.29) is 17.4 Å². The maximum atomic E-state index is 12.3. The number of fused-ring (bicyclic) bond motifs is 3. The van der Waals surface area contributed by atoms with Crippen molar-refractivity contribution in [3.05, 3.63) is 59.7 Å². The first kappa shape index (κ1) is 20.5. The van der Waals surface area contributed by atoms with E-state index in [4.69, 9.17) is 4.74 Å². The van der Waals surface area contributed by atoms with Crippen LogP contribution in [-0.2, 0) is 24.8 Å². The quantitative estimate of drug-likeness (QED) is 0.700. The van der Waals surface area contributed by atoms with E-state index in [9.17, 15) is 13.2 Å². The van der Waals surface area contributed by atoms with Crippen LogP contribution in [0, 0.1) is 0 Å². The molecule has 30 heavy (non-hydrogen) atoms. The van der Waals surface area contributed by atoms with E-state index in [1.807, 2.05) is 74.2 Å². The molecular weight excluding hydrogens is 400 g/mol. The van der Waals surface area contributed by atoms with E-state index in [2.05, 4.69) is 0 Å². The summed E-state index contributed by atoms with van der Waals surface area (Å²) in [6.07, 6.45) is 5.07. The fraction of sp³-hybridized carbons (Fsp3) is 0.348. The Morgan fingerprint density at radius 2 is 1.77 bits per heavy atom. The second-order valence-electron chi connectivity index (χ2n) is 8.65.